The minimum atomic E-state index is -0.160. The van der Waals surface area contributed by atoms with E-state index in [0.717, 1.165) is 4.47 Å². The van der Waals surface area contributed by atoms with Gasteiger partial charge in [-0.2, -0.15) is 0 Å². The quantitative estimate of drug-likeness (QED) is 0.787. The van der Waals surface area contributed by atoms with Crippen LogP contribution in [-0.4, -0.2) is 46.5 Å². The van der Waals surface area contributed by atoms with Crippen molar-refractivity contribution in [2.24, 2.45) is 0 Å². The Hall–Kier alpha value is -0.590. The maximum atomic E-state index is 12.5. The zero-order valence-electron chi connectivity index (χ0n) is 10.5. The molecule has 1 amide bonds. The summed E-state index contributed by atoms with van der Waals surface area (Å²) in [5.41, 5.74) is 0.324. The summed E-state index contributed by atoms with van der Waals surface area (Å²) in [6, 6.07) is 4.92. The molecule has 0 aliphatic carbocycles. The van der Waals surface area contributed by atoms with Crippen LogP contribution in [0.25, 0.3) is 0 Å². The molecule has 104 valence electrons. The van der Waals surface area contributed by atoms with Crippen LogP contribution in [0.15, 0.2) is 22.7 Å². The molecule has 1 aliphatic rings. The van der Waals surface area contributed by atoms with E-state index in [2.05, 4.69) is 31.9 Å². The number of phenolic OH excluding ortho intramolecular Hbond substituents is 1. The molecule has 1 fully saturated rings. The summed E-state index contributed by atoms with van der Waals surface area (Å²) in [5.74, 6) is -0.166. The third-order valence-electron chi connectivity index (χ3n) is 3.13. The molecular weight excluding hydrogens is 378 g/mol. The number of phenols is 1. The van der Waals surface area contributed by atoms with Crippen LogP contribution in [0.5, 0.6) is 5.75 Å². The van der Waals surface area contributed by atoms with Crippen molar-refractivity contribution in [2.75, 3.05) is 18.5 Å². The molecule has 6 heteroatoms. The van der Waals surface area contributed by atoms with E-state index in [9.17, 15) is 9.90 Å². The number of alkyl halides is 1. The van der Waals surface area contributed by atoms with Crippen molar-refractivity contribution in [3.05, 3.63) is 28.2 Å². The molecule has 0 saturated carbocycles. The zero-order chi connectivity index (χ0) is 14.0. The Morgan fingerprint density at radius 3 is 2.95 bits per heavy atom. The van der Waals surface area contributed by atoms with Crippen molar-refractivity contribution in [1.82, 2.24) is 4.90 Å². The van der Waals surface area contributed by atoms with E-state index in [1.807, 2.05) is 6.92 Å². The number of aromatic hydroxyl groups is 1. The number of hydrogen-bond donors (Lipinski definition) is 1. The van der Waals surface area contributed by atoms with Crippen molar-refractivity contribution in [2.45, 2.75) is 19.1 Å². The third kappa shape index (κ3) is 3.30. The first-order valence-electron chi connectivity index (χ1n) is 6.00. The first-order valence-corrected chi connectivity index (χ1v) is 7.91. The summed E-state index contributed by atoms with van der Waals surface area (Å²) in [7, 11) is 0. The van der Waals surface area contributed by atoms with Gasteiger partial charge in [-0.25, -0.2) is 0 Å². The number of ether oxygens (including phenoxy) is 1. The van der Waals surface area contributed by atoms with Gasteiger partial charge in [0.2, 0.25) is 0 Å². The van der Waals surface area contributed by atoms with Gasteiger partial charge in [-0.3, -0.25) is 4.79 Å². The second kappa shape index (κ2) is 6.24. The van der Waals surface area contributed by atoms with Crippen LogP contribution < -0.4 is 0 Å². The fourth-order valence-corrected chi connectivity index (χ4v) is 2.77. The molecule has 1 N–H and O–H groups in total. The van der Waals surface area contributed by atoms with Crippen LogP contribution in [-0.2, 0) is 4.74 Å². The number of benzene rings is 1. The fourth-order valence-electron chi connectivity index (χ4n) is 2.03. The van der Waals surface area contributed by atoms with E-state index >= 15 is 0 Å². The SMILES string of the molecule is CC1COC(CBr)CN1C(=O)c1ccc(Br)cc1O. The molecule has 1 saturated heterocycles. The Balaban J connectivity index is 2.22. The van der Waals surface area contributed by atoms with Crippen LogP contribution in [0.4, 0.5) is 0 Å². The average molecular weight is 393 g/mol. The van der Waals surface area contributed by atoms with Crippen LogP contribution in [0.1, 0.15) is 17.3 Å². The summed E-state index contributed by atoms with van der Waals surface area (Å²) in [4.78, 5) is 14.2. The Labute approximate surface area is 129 Å². The molecule has 0 aromatic heterocycles. The first kappa shape index (κ1) is 14.8. The third-order valence-corrected chi connectivity index (χ3v) is 4.34. The number of amides is 1. The van der Waals surface area contributed by atoms with Gasteiger partial charge < -0.3 is 14.7 Å². The lowest BCUT2D eigenvalue weighted by Crippen LogP contribution is -2.51. The molecule has 1 heterocycles. The molecule has 2 atom stereocenters. The van der Waals surface area contributed by atoms with Gasteiger partial charge in [-0.1, -0.05) is 31.9 Å². The number of carbonyl (C=O) groups excluding carboxylic acids is 1. The Bertz CT molecular complexity index is 481. The highest BCUT2D eigenvalue weighted by Gasteiger charge is 2.30. The van der Waals surface area contributed by atoms with Gasteiger partial charge >= 0.3 is 0 Å². The number of carbonyl (C=O) groups is 1. The van der Waals surface area contributed by atoms with E-state index in [1.165, 1.54) is 6.07 Å². The highest BCUT2D eigenvalue weighted by atomic mass is 79.9. The summed E-state index contributed by atoms with van der Waals surface area (Å²) in [6.45, 7) is 2.98. The predicted octanol–water partition coefficient (Wildman–Crippen LogP) is 2.78. The Morgan fingerprint density at radius 1 is 1.58 bits per heavy atom. The van der Waals surface area contributed by atoms with Crippen molar-refractivity contribution >= 4 is 37.8 Å². The smallest absolute Gasteiger partial charge is 0.258 e. The number of rotatable bonds is 2. The molecule has 1 aliphatic heterocycles. The molecular formula is C13H15Br2NO3. The highest BCUT2D eigenvalue weighted by Crippen LogP contribution is 2.25. The highest BCUT2D eigenvalue weighted by molar-refractivity contribution is 9.10. The average Bonchev–Trinajstić information content (AvgIpc) is 2.38. The number of morpholine rings is 1. The van der Waals surface area contributed by atoms with Gasteiger partial charge in [0.25, 0.3) is 5.91 Å². The maximum Gasteiger partial charge on any atom is 0.258 e. The minimum Gasteiger partial charge on any atom is -0.507 e. The number of hydrogen-bond acceptors (Lipinski definition) is 3. The van der Waals surface area contributed by atoms with Crippen LogP contribution in [0, 0.1) is 0 Å². The van der Waals surface area contributed by atoms with Crippen molar-refractivity contribution in [1.29, 1.82) is 0 Å². The molecule has 0 radical (unpaired) electrons. The van der Waals surface area contributed by atoms with Gasteiger partial charge in [0.05, 0.1) is 24.3 Å². The summed E-state index contributed by atoms with van der Waals surface area (Å²) >= 11 is 6.63. The topological polar surface area (TPSA) is 49.8 Å². The van der Waals surface area contributed by atoms with Gasteiger partial charge in [0.15, 0.2) is 0 Å². The summed E-state index contributed by atoms with van der Waals surface area (Å²) in [6.07, 6.45) is -0.00209. The largest absolute Gasteiger partial charge is 0.507 e. The first-order chi connectivity index (χ1) is 9.02. The maximum absolute atomic E-state index is 12.5. The van der Waals surface area contributed by atoms with E-state index in [-0.39, 0.29) is 23.8 Å². The van der Waals surface area contributed by atoms with Gasteiger partial charge in [0.1, 0.15) is 5.75 Å². The fraction of sp³-hybridized carbons (Fsp3) is 0.462. The van der Waals surface area contributed by atoms with E-state index in [1.54, 1.807) is 17.0 Å². The van der Waals surface area contributed by atoms with Crippen LogP contribution in [0.3, 0.4) is 0 Å². The van der Waals surface area contributed by atoms with E-state index < -0.39 is 0 Å². The van der Waals surface area contributed by atoms with E-state index in [4.69, 9.17) is 4.74 Å². The lowest BCUT2D eigenvalue weighted by molar-refractivity contribution is -0.0362. The Kier molecular flexibility index (Phi) is 4.86. The standard InChI is InChI=1S/C13H15Br2NO3/c1-8-7-19-10(5-14)6-16(8)13(18)11-3-2-9(15)4-12(11)17/h2-4,8,10,17H,5-7H2,1H3. The molecule has 1 aromatic carbocycles. The lowest BCUT2D eigenvalue weighted by Gasteiger charge is -2.37. The molecule has 0 spiro atoms. The molecule has 1 aromatic rings. The molecule has 2 rings (SSSR count). The molecule has 2 unspecified atom stereocenters. The summed E-state index contributed by atoms with van der Waals surface area (Å²) in [5, 5.41) is 10.6. The van der Waals surface area contributed by atoms with Crippen LogP contribution in [0.2, 0.25) is 0 Å². The molecule has 0 bridgehead atoms. The van der Waals surface area contributed by atoms with Gasteiger partial charge in [-0.05, 0) is 25.1 Å². The molecule has 4 nitrogen and oxygen atoms in total. The van der Waals surface area contributed by atoms with E-state index in [0.29, 0.717) is 24.0 Å². The summed E-state index contributed by atoms with van der Waals surface area (Å²) < 4.78 is 6.34. The predicted molar refractivity (Wildman–Crippen MR) is 79.8 cm³/mol. The number of halogens is 2. The second-order valence-corrected chi connectivity index (χ2v) is 6.14. The van der Waals surface area contributed by atoms with Crippen molar-refractivity contribution < 1.29 is 14.6 Å². The normalized spacial score (nSPS) is 23.4. The minimum absolute atomic E-state index is 0.00209. The second-order valence-electron chi connectivity index (χ2n) is 4.58. The zero-order valence-corrected chi connectivity index (χ0v) is 13.6. The van der Waals surface area contributed by atoms with Crippen molar-refractivity contribution in [3.63, 3.8) is 0 Å². The lowest BCUT2D eigenvalue weighted by atomic mass is 10.1. The number of nitrogens with zero attached hydrogens (tertiary/aromatic N) is 1. The molecule has 19 heavy (non-hydrogen) atoms. The van der Waals surface area contributed by atoms with Gasteiger partial charge in [0, 0.05) is 16.3 Å². The monoisotopic (exact) mass is 391 g/mol. The Morgan fingerprint density at radius 2 is 2.32 bits per heavy atom. The van der Waals surface area contributed by atoms with Crippen molar-refractivity contribution in [3.8, 4) is 5.75 Å². The van der Waals surface area contributed by atoms with Crippen LogP contribution >= 0.6 is 31.9 Å². The van der Waals surface area contributed by atoms with Gasteiger partial charge in [-0.15, -0.1) is 0 Å².